The van der Waals surface area contributed by atoms with Crippen LogP contribution in [0.4, 0.5) is 5.69 Å². The van der Waals surface area contributed by atoms with Crippen molar-refractivity contribution in [1.29, 1.82) is 5.26 Å². The molecule has 0 aromatic heterocycles. The molecule has 0 unspecified atom stereocenters. The average molecular weight is 287 g/mol. The number of carbonyl (C=O) groups excluding carboxylic acids is 2. The number of carbonyl (C=O) groups is 2. The minimum absolute atomic E-state index is 0.156. The van der Waals surface area contributed by atoms with Crippen molar-refractivity contribution in [2.75, 3.05) is 32.6 Å². The quantitative estimate of drug-likeness (QED) is 0.495. The van der Waals surface area contributed by atoms with Crippen molar-refractivity contribution in [1.82, 2.24) is 5.32 Å². The van der Waals surface area contributed by atoms with E-state index in [1.165, 1.54) is 13.1 Å². The summed E-state index contributed by atoms with van der Waals surface area (Å²) < 4.78 is 4.73. The van der Waals surface area contributed by atoms with Gasteiger partial charge in [-0.1, -0.05) is 12.1 Å². The first-order chi connectivity index (χ1) is 9.97. The van der Waals surface area contributed by atoms with Crippen LogP contribution in [-0.4, -0.2) is 39.6 Å². The topological polar surface area (TPSA) is 82.4 Å². The zero-order chi connectivity index (χ0) is 15.8. The number of ether oxygens (including phenoxy) is 1. The van der Waals surface area contributed by atoms with Crippen LogP contribution >= 0.6 is 0 Å². The number of nitrogens with one attached hydrogen (secondary N) is 1. The molecule has 1 N–H and O–H groups in total. The van der Waals surface area contributed by atoms with E-state index in [4.69, 9.17) is 10.00 Å². The third-order valence-corrected chi connectivity index (χ3v) is 2.67. The molecule has 0 saturated heterocycles. The summed E-state index contributed by atoms with van der Waals surface area (Å²) in [7, 11) is 5.27. The normalized spacial score (nSPS) is 10.5. The van der Waals surface area contributed by atoms with Crippen molar-refractivity contribution >= 4 is 23.6 Å². The molecule has 6 heteroatoms. The summed E-state index contributed by atoms with van der Waals surface area (Å²) >= 11 is 0. The van der Waals surface area contributed by atoms with Crippen molar-refractivity contribution in [3.8, 4) is 6.07 Å². The number of esters is 1. The Hall–Kier alpha value is -2.81. The number of hydrogen-bond donors (Lipinski definition) is 1. The molecule has 0 radical (unpaired) electrons. The molecule has 0 spiro atoms. The molecule has 6 nitrogen and oxygen atoms in total. The van der Waals surface area contributed by atoms with Gasteiger partial charge in [-0.2, -0.15) is 5.26 Å². The van der Waals surface area contributed by atoms with Gasteiger partial charge in [0, 0.05) is 26.8 Å². The summed E-state index contributed by atoms with van der Waals surface area (Å²) in [4.78, 5) is 24.6. The summed E-state index contributed by atoms with van der Waals surface area (Å²) in [5, 5.41) is 11.3. The third kappa shape index (κ3) is 4.99. The predicted octanol–water partition coefficient (Wildman–Crippen LogP) is 0.949. The van der Waals surface area contributed by atoms with Gasteiger partial charge in [-0.05, 0) is 23.8 Å². The minimum Gasteiger partial charge on any atom is -0.451 e. The Bertz CT molecular complexity index is 583. The maximum absolute atomic E-state index is 11.7. The molecule has 1 aromatic rings. The van der Waals surface area contributed by atoms with Crippen molar-refractivity contribution in [3.63, 3.8) is 0 Å². The van der Waals surface area contributed by atoms with Gasteiger partial charge in [0.2, 0.25) is 0 Å². The van der Waals surface area contributed by atoms with Gasteiger partial charge in [0.05, 0.1) is 0 Å². The van der Waals surface area contributed by atoms with Crippen LogP contribution in [0.2, 0.25) is 0 Å². The Morgan fingerprint density at radius 3 is 2.43 bits per heavy atom. The van der Waals surface area contributed by atoms with Crippen LogP contribution in [0.1, 0.15) is 5.56 Å². The Morgan fingerprint density at radius 1 is 1.33 bits per heavy atom. The number of benzene rings is 1. The first kappa shape index (κ1) is 16.2. The van der Waals surface area contributed by atoms with E-state index in [2.05, 4.69) is 5.32 Å². The number of hydrogen-bond acceptors (Lipinski definition) is 5. The fraction of sp³-hybridized carbons (Fsp3) is 0.267. The van der Waals surface area contributed by atoms with Crippen molar-refractivity contribution in [2.24, 2.45) is 0 Å². The van der Waals surface area contributed by atoms with E-state index in [1.807, 2.05) is 31.1 Å². The predicted molar refractivity (Wildman–Crippen MR) is 79.4 cm³/mol. The number of likely N-dealkylation sites (N-methyl/N-ethyl adjacent to an activating group) is 1. The molecular weight excluding hydrogens is 270 g/mol. The lowest BCUT2D eigenvalue weighted by Gasteiger charge is -2.11. The SMILES string of the molecule is CNC(=O)COC(=O)/C(C#N)=C/c1ccc(N(C)C)cc1. The van der Waals surface area contributed by atoms with Crippen molar-refractivity contribution in [2.45, 2.75) is 0 Å². The number of amides is 1. The van der Waals surface area contributed by atoms with Gasteiger partial charge in [-0.3, -0.25) is 4.79 Å². The lowest BCUT2D eigenvalue weighted by Crippen LogP contribution is -2.25. The molecule has 0 saturated carbocycles. The Morgan fingerprint density at radius 2 is 1.95 bits per heavy atom. The summed E-state index contributed by atoms with van der Waals surface area (Å²) in [6.07, 6.45) is 1.42. The fourth-order valence-corrected chi connectivity index (χ4v) is 1.45. The number of nitriles is 1. The van der Waals surface area contributed by atoms with E-state index in [0.29, 0.717) is 5.56 Å². The lowest BCUT2D eigenvalue weighted by atomic mass is 10.1. The highest BCUT2D eigenvalue weighted by Gasteiger charge is 2.12. The van der Waals surface area contributed by atoms with E-state index in [0.717, 1.165) is 5.69 Å². The zero-order valence-electron chi connectivity index (χ0n) is 12.2. The number of nitrogens with zero attached hydrogens (tertiary/aromatic N) is 2. The molecule has 21 heavy (non-hydrogen) atoms. The van der Waals surface area contributed by atoms with E-state index < -0.39 is 18.5 Å². The van der Waals surface area contributed by atoms with E-state index >= 15 is 0 Å². The highest BCUT2D eigenvalue weighted by atomic mass is 16.5. The summed E-state index contributed by atoms with van der Waals surface area (Å²) in [6.45, 7) is -0.409. The monoisotopic (exact) mass is 287 g/mol. The van der Waals surface area contributed by atoms with Crippen LogP contribution in [0.5, 0.6) is 0 Å². The van der Waals surface area contributed by atoms with Crippen LogP contribution < -0.4 is 10.2 Å². The second-order valence-electron chi connectivity index (χ2n) is 4.41. The maximum Gasteiger partial charge on any atom is 0.349 e. The van der Waals surface area contributed by atoms with Crippen LogP contribution in [0, 0.1) is 11.3 Å². The Kier molecular flexibility index (Phi) is 5.96. The molecule has 1 aromatic carbocycles. The summed E-state index contributed by atoms with van der Waals surface area (Å²) in [5.74, 6) is -1.26. The van der Waals surface area contributed by atoms with Crippen LogP contribution in [-0.2, 0) is 14.3 Å². The molecule has 110 valence electrons. The molecule has 0 fully saturated rings. The van der Waals surface area contributed by atoms with Crippen LogP contribution in [0.3, 0.4) is 0 Å². The highest BCUT2D eigenvalue weighted by Crippen LogP contribution is 2.14. The van der Waals surface area contributed by atoms with Gasteiger partial charge < -0.3 is 15.0 Å². The van der Waals surface area contributed by atoms with Crippen LogP contribution in [0.15, 0.2) is 29.8 Å². The van der Waals surface area contributed by atoms with E-state index in [-0.39, 0.29) is 5.57 Å². The lowest BCUT2D eigenvalue weighted by molar-refractivity contribution is -0.144. The van der Waals surface area contributed by atoms with Crippen molar-refractivity contribution < 1.29 is 14.3 Å². The molecule has 0 aliphatic heterocycles. The molecular formula is C15H17N3O3. The van der Waals surface area contributed by atoms with Gasteiger partial charge in [0.25, 0.3) is 5.91 Å². The molecule has 0 bridgehead atoms. The Balaban J connectivity index is 2.81. The Labute approximate surface area is 123 Å². The number of rotatable bonds is 5. The van der Waals surface area contributed by atoms with Gasteiger partial charge >= 0.3 is 5.97 Å². The van der Waals surface area contributed by atoms with E-state index in [9.17, 15) is 9.59 Å². The summed E-state index contributed by atoms with van der Waals surface area (Å²) in [6, 6.07) is 9.10. The highest BCUT2D eigenvalue weighted by molar-refractivity contribution is 5.98. The molecule has 0 heterocycles. The fourth-order valence-electron chi connectivity index (χ4n) is 1.45. The smallest absolute Gasteiger partial charge is 0.349 e. The van der Waals surface area contributed by atoms with E-state index in [1.54, 1.807) is 18.2 Å². The molecule has 1 rings (SSSR count). The average Bonchev–Trinajstić information content (AvgIpc) is 2.50. The largest absolute Gasteiger partial charge is 0.451 e. The first-order valence-corrected chi connectivity index (χ1v) is 6.24. The molecule has 0 atom stereocenters. The number of anilines is 1. The van der Waals surface area contributed by atoms with Gasteiger partial charge in [0.15, 0.2) is 6.61 Å². The third-order valence-electron chi connectivity index (χ3n) is 2.67. The maximum atomic E-state index is 11.7. The van der Waals surface area contributed by atoms with Gasteiger partial charge in [-0.15, -0.1) is 0 Å². The minimum atomic E-state index is -0.821. The van der Waals surface area contributed by atoms with Gasteiger partial charge in [0.1, 0.15) is 11.6 Å². The van der Waals surface area contributed by atoms with Crippen LogP contribution in [0.25, 0.3) is 6.08 Å². The summed E-state index contributed by atoms with van der Waals surface area (Å²) in [5.41, 5.74) is 1.55. The molecule has 0 aliphatic rings. The second-order valence-corrected chi connectivity index (χ2v) is 4.41. The van der Waals surface area contributed by atoms with Crippen molar-refractivity contribution in [3.05, 3.63) is 35.4 Å². The standard InChI is InChI=1S/C15H17N3O3/c1-17-14(19)10-21-15(20)12(9-16)8-11-4-6-13(7-5-11)18(2)3/h4-8H,10H2,1-3H3,(H,17,19)/b12-8+. The second kappa shape index (κ2) is 7.70. The molecule has 1 amide bonds. The zero-order valence-corrected chi connectivity index (χ0v) is 12.2. The first-order valence-electron chi connectivity index (χ1n) is 6.24. The molecule has 0 aliphatic carbocycles. The van der Waals surface area contributed by atoms with Gasteiger partial charge in [-0.25, -0.2) is 4.79 Å².